The first-order valence-electron chi connectivity index (χ1n) is 4.57. The normalized spacial score (nSPS) is 15.1. The van der Waals surface area contributed by atoms with Crippen molar-refractivity contribution in [1.29, 1.82) is 0 Å². The van der Waals surface area contributed by atoms with Gasteiger partial charge in [-0.3, -0.25) is 9.98 Å². The quantitative estimate of drug-likeness (QED) is 0.563. The first-order chi connectivity index (χ1) is 5.66. The Bertz CT molecular complexity index is 148. The molecule has 0 saturated carbocycles. The molecule has 0 aromatic heterocycles. The fourth-order valence-electron chi connectivity index (χ4n) is 1.23. The second-order valence-electron chi connectivity index (χ2n) is 3.66. The smallest absolute Gasteiger partial charge is 0.0415 e. The summed E-state index contributed by atoms with van der Waals surface area (Å²) in [5.41, 5.74) is 0. The standard InChI is InChI=1S/C10H20N2/c1-9(2)7-10(3)8-12-6-5-11-4/h5-6,9-10H,7-8H2,1-4H3/b11-5-,12-6-. The highest BCUT2D eigenvalue weighted by molar-refractivity contribution is 6.15. The highest BCUT2D eigenvalue weighted by Crippen LogP contribution is 2.10. The lowest BCUT2D eigenvalue weighted by atomic mass is 9.99. The molecule has 0 aliphatic heterocycles. The Morgan fingerprint density at radius 3 is 2.33 bits per heavy atom. The Morgan fingerprint density at radius 1 is 1.17 bits per heavy atom. The van der Waals surface area contributed by atoms with Gasteiger partial charge in [-0.15, -0.1) is 0 Å². The van der Waals surface area contributed by atoms with E-state index in [2.05, 4.69) is 30.8 Å². The zero-order valence-electron chi connectivity index (χ0n) is 8.62. The molecule has 1 unspecified atom stereocenters. The summed E-state index contributed by atoms with van der Waals surface area (Å²) in [6.07, 6.45) is 4.75. The van der Waals surface area contributed by atoms with Crippen LogP contribution in [0.15, 0.2) is 9.98 Å². The van der Waals surface area contributed by atoms with E-state index in [0.29, 0.717) is 5.92 Å². The fraction of sp³-hybridized carbons (Fsp3) is 0.800. The maximum absolute atomic E-state index is 4.24. The molecule has 0 rings (SSSR count). The van der Waals surface area contributed by atoms with Crippen LogP contribution in [-0.4, -0.2) is 26.0 Å². The molecule has 0 radical (unpaired) electrons. The summed E-state index contributed by atoms with van der Waals surface area (Å²) >= 11 is 0. The molecule has 2 nitrogen and oxygen atoms in total. The van der Waals surface area contributed by atoms with Crippen LogP contribution >= 0.6 is 0 Å². The zero-order chi connectivity index (χ0) is 9.40. The largest absolute Gasteiger partial charge is 0.295 e. The van der Waals surface area contributed by atoms with Gasteiger partial charge in [-0.2, -0.15) is 0 Å². The van der Waals surface area contributed by atoms with Gasteiger partial charge in [0.2, 0.25) is 0 Å². The third-order valence-electron chi connectivity index (χ3n) is 1.61. The first-order valence-corrected chi connectivity index (χ1v) is 4.57. The lowest BCUT2D eigenvalue weighted by Crippen LogP contribution is -2.03. The van der Waals surface area contributed by atoms with Gasteiger partial charge < -0.3 is 0 Å². The third-order valence-corrected chi connectivity index (χ3v) is 1.61. The fourth-order valence-corrected chi connectivity index (χ4v) is 1.23. The van der Waals surface area contributed by atoms with Crippen LogP contribution < -0.4 is 0 Å². The second-order valence-corrected chi connectivity index (χ2v) is 3.66. The molecule has 0 aromatic rings. The van der Waals surface area contributed by atoms with Crippen molar-refractivity contribution in [3.63, 3.8) is 0 Å². The molecule has 0 heterocycles. The van der Waals surface area contributed by atoms with Gasteiger partial charge in [-0.05, 0) is 18.3 Å². The molecule has 2 heteroatoms. The van der Waals surface area contributed by atoms with Crippen molar-refractivity contribution < 1.29 is 0 Å². The van der Waals surface area contributed by atoms with Gasteiger partial charge in [0.15, 0.2) is 0 Å². The van der Waals surface area contributed by atoms with Crippen molar-refractivity contribution >= 4 is 12.4 Å². The monoisotopic (exact) mass is 168 g/mol. The van der Waals surface area contributed by atoms with Crippen molar-refractivity contribution in [2.24, 2.45) is 21.8 Å². The number of hydrogen-bond donors (Lipinski definition) is 0. The summed E-state index contributed by atoms with van der Waals surface area (Å²) < 4.78 is 0. The van der Waals surface area contributed by atoms with Gasteiger partial charge in [-0.1, -0.05) is 20.8 Å². The molecule has 0 spiro atoms. The van der Waals surface area contributed by atoms with Crippen molar-refractivity contribution in [2.75, 3.05) is 13.6 Å². The van der Waals surface area contributed by atoms with Crippen LogP contribution in [0.5, 0.6) is 0 Å². The predicted molar refractivity (Wildman–Crippen MR) is 56.4 cm³/mol. The maximum atomic E-state index is 4.24. The Hall–Kier alpha value is -0.660. The average molecular weight is 168 g/mol. The van der Waals surface area contributed by atoms with E-state index >= 15 is 0 Å². The molecule has 0 aromatic carbocycles. The van der Waals surface area contributed by atoms with Crippen molar-refractivity contribution in [3.05, 3.63) is 0 Å². The molecular weight excluding hydrogens is 148 g/mol. The highest BCUT2D eigenvalue weighted by atomic mass is 14.7. The van der Waals surface area contributed by atoms with Crippen LogP contribution in [0.3, 0.4) is 0 Å². The van der Waals surface area contributed by atoms with E-state index in [1.54, 1.807) is 19.5 Å². The van der Waals surface area contributed by atoms with Crippen LogP contribution in [-0.2, 0) is 0 Å². The first kappa shape index (κ1) is 11.3. The summed E-state index contributed by atoms with van der Waals surface area (Å²) in [6, 6.07) is 0. The number of hydrogen-bond acceptors (Lipinski definition) is 2. The van der Waals surface area contributed by atoms with Crippen LogP contribution in [0.4, 0.5) is 0 Å². The van der Waals surface area contributed by atoms with Gasteiger partial charge in [0.25, 0.3) is 0 Å². The van der Waals surface area contributed by atoms with Gasteiger partial charge in [0.1, 0.15) is 0 Å². The van der Waals surface area contributed by atoms with Crippen LogP contribution in [0, 0.1) is 11.8 Å². The maximum Gasteiger partial charge on any atom is 0.0415 e. The van der Waals surface area contributed by atoms with E-state index in [1.807, 2.05) is 0 Å². The van der Waals surface area contributed by atoms with Crippen molar-refractivity contribution in [3.8, 4) is 0 Å². The highest BCUT2D eigenvalue weighted by Gasteiger charge is 2.02. The average Bonchev–Trinajstić information content (AvgIpc) is 1.97. The van der Waals surface area contributed by atoms with Crippen LogP contribution in [0.25, 0.3) is 0 Å². The molecule has 0 saturated heterocycles. The number of nitrogens with zero attached hydrogens (tertiary/aromatic N) is 2. The molecule has 1 atom stereocenters. The predicted octanol–water partition coefficient (Wildman–Crippen LogP) is 2.44. The molecule has 70 valence electrons. The summed E-state index contributed by atoms with van der Waals surface area (Å²) in [6.45, 7) is 7.64. The van der Waals surface area contributed by atoms with Crippen molar-refractivity contribution in [1.82, 2.24) is 0 Å². The third kappa shape index (κ3) is 7.45. The Balaban J connectivity index is 3.49. The zero-order valence-corrected chi connectivity index (χ0v) is 8.62. The minimum atomic E-state index is 0.687. The summed E-state index contributed by atoms with van der Waals surface area (Å²) in [4.78, 5) is 8.06. The van der Waals surface area contributed by atoms with Crippen LogP contribution in [0.2, 0.25) is 0 Å². The Morgan fingerprint density at radius 2 is 1.83 bits per heavy atom. The van der Waals surface area contributed by atoms with E-state index < -0.39 is 0 Å². The minimum absolute atomic E-state index is 0.687. The van der Waals surface area contributed by atoms with Gasteiger partial charge in [0, 0.05) is 26.0 Å². The van der Waals surface area contributed by atoms with E-state index in [-0.39, 0.29) is 0 Å². The number of rotatable bonds is 5. The molecular formula is C10H20N2. The van der Waals surface area contributed by atoms with Crippen LogP contribution in [0.1, 0.15) is 27.2 Å². The summed E-state index contributed by atoms with van der Waals surface area (Å²) in [7, 11) is 1.75. The Labute approximate surface area is 75.8 Å². The lowest BCUT2D eigenvalue weighted by Gasteiger charge is -2.10. The summed E-state index contributed by atoms with van der Waals surface area (Å²) in [5, 5.41) is 0. The molecule has 0 amide bonds. The minimum Gasteiger partial charge on any atom is -0.295 e. The molecule has 0 fully saturated rings. The van der Waals surface area contributed by atoms with Gasteiger partial charge in [0.05, 0.1) is 0 Å². The van der Waals surface area contributed by atoms with E-state index in [1.165, 1.54) is 6.42 Å². The van der Waals surface area contributed by atoms with E-state index in [4.69, 9.17) is 0 Å². The summed E-state index contributed by atoms with van der Waals surface area (Å²) in [5.74, 6) is 1.46. The molecule has 0 aliphatic carbocycles. The molecule has 0 N–H and O–H groups in total. The topological polar surface area (TPSA) is 24.7 Å². The Kier molecular flexibility index (Phi) is 6.63. The van der Waals surface area contributed by atoms with Crippen molar-refractivity contribution in [2.45, 2.75) is 27.2 Å². The van der Waals surface area contributed by atoms with E-state index in [0.717, 1.165) is 12.5 Å². The molecule has 0 aliphatic rings. The van der Waals surface area contributed by atoms with E-state index in [9.17, 15) is 0 Å². The molecule has 0 bridgehead atoms. The SMILES string of the molecule is C/N=C\C=N/CC(C)CC(C)C. The van der Waals surface area contributed by atoms with Gasteiger partial charge >= 0.3 is 0 Å². The second kappa shape index (κ2) is 7.01. The number of aliphatic imine (C=N–C) groups is 2. The molecule has 12 heavy (non-hydrogen) atoms. The lowest BCUT2D eigenvalue weighted by molar-refractivity contribution is 0.448. The van der Waals surface area contributed by atoms with Gasteiger partial charge in [-0.25, -0.2) is 0 Å².